The number of hydrogen-bond acceptors (Lipinski definition) is 5. The fraction of sp³-hybridized carbons (Fsp3) is 0.389. The molecule has 2 aromatic heterocycles. The highest BCUT2D eigenvalue weighted by Crippen LogP contribution is 2.30. The number of likely N-dealkylation sites (tertiary alicyclic amines) is 1. The maximum absolute atomic E-state index is 5.55. The van der Waals surface area contributed by atoms with Gasteiger partial charge < -0.3 is 4.52 Å². The minimum atomic E-state index is 0.109. The smallest absolute Gasteiger partial charge is 0.244 e. The molecule has 4 rings (SSSR count). The Morgan fingerprint density at radius 2 is 2.12 bits per heavy atom. The van der Waals surface area contributed by atoms with E-state index in [0.29, 0.717) is 17.8 Å². The molecule has 1 fully saturated rings. The van der Waals surface area contributed by atoms with Crippen molar-refractivity contribution in [3.05, 3.63) is 54.7 Å². The van der Waals surface area contributed by atoms with Crippen molar-refractivity contribution < 1.29 is 4.52 Å². The third-order valence-electron chi connectivity index (χ3n) is 4.71. The van der Waals surface area contributed by atoms with Gasteiger partial charge in [-0.05, 0) is 32.4 Å². The zero-order valence-electron chi connectivity index (χ0n) is 13.7. The van der Waals surface area contributed by atoms with Gasteiger partial charge in [0.1, 0.15) is 0 Å². The molecule has 6 heteroatoms. The normalized spacial score (nSPS) is 19.6. The van der Waals surface area contributed by atoms with Gasteiger partial charge in [-0.1, -0.05) is 35.5 Å². The highest BCUT2D eigenvalue weighted by atomic mass is 16.5. The van der Waals surface area contributed by atoms with E-state index in [1.807, 2.05) is 53.5 Å². The van der Waals surface area contributed by atoms with E-state index in [1.54, 1.807) is 0 Å². The molecule has 0 aliphatic carbocycles. The highest BCUT2D eigenvalue weighted by Gasteiger charge is 2.32. The summed E-state index contributed by atoms with van der Waals surface area (Å²) in [7, 11) is 0. The van der Waals surface area contributed by atoms with Crippen LogP contribution in [-0.4, -0.2) is 37.4 Å². The molecular weight excluding hydrogens is 302 g/mol. The van der Waals surface area contributed by atoms with Crippen molar-refractivity contribution >= 4 is 0 Å². The fourth-order valence-electron chi connectivity index (χ4n) is 3.44. The molecule has 124 valence electrons. The molecule has 1 aliphatic heterocycles. The molecular formula is C18H21N5O. The number of nitrogens with zero attached hydrogens (tertiary/aromatic N) is 5. The highest BCUT2D eigenvalue weighted by molar-refractivity contribution is 5.53. The molecule has 1 saturated heterocycles. The van der Waals surface area contributed by atoms with Gasteiger partial charge in [-0.2, -0.15) is 10.1 Å². The minimum Gasteiger partial charge on any atom is -0.337 e. The number of aromatic nitrogens is 4. The topological polar surface area (TPSA) is 60.0 Å². The quantitative estimate of drug-likeness (QED) is 0.722. The predicted molar refractivity (Wildman–Crippen MR) is 90.1 cm³/mol. The average Bonchev–Trinajstić information content (AvgIpc) is 3.37. The largest absolute Gasteiger partial charge is 0.337 e. The lowest BCUT2D eigenvalue weighted by atomic mass is 10.2. The maximum atomic E-state index is 5.55. The second-order valence-electron chi connectivity index (χ2n) is 6.26. The summed E-state index contributed by atoms with van der Waals surface area (Å²) >= 11 is 0. The van der Waals surface area contributed by atoms with Gasteiger partial charge in [0.25, 0.3) is 0 Å². The van der Waals surface area contributed by atoms with Crippen LogP contribution in [0.1, 0.15) is 31.7 Å². The van der Waals surface area contributed by atoms with Crippen LogP contribution >= 0.6 is 0 Å². The van der Waals surface area contributed by atoms with E-state index in [2.05, 4.69) is 27.1 Å². The summed E-state index contributed by atoms with van der Waals surface area (Å²) in [6.45, 7) is 4.09. The Kier molecular flexibility index (Phi) is 4.13. The Morgan fingerprint density at radius 3 is 2.92 bits per heavy atom. The summed E-state index contributed by atoms with van der Waals surface area (Å²) in [6.07, 6.45) is 6.20. The van der Waals surface area contributed by atoms with E-state index in [1.165, 1.54) is 12.8 Å². The number of hydrogen-bond donors (Lipinski definition) is 0. The third kappa shape index (κ3) is 2.97. The first-order valence-corrected chi connectivity index (χ1v) is 8.43. The molecule has 0 amide bonds. The molecule has 0 saturated carbocycles. The Balaban J connectivity index is 1.50. The molecule has 0 spiro atoms. The molecule has 0 unspecified atom stereocenters. The second-order valence-corrected chi connectivity index (χ2v) is 6.26. The van der Waals surface area contributed by atoms with Crippen LogP contribution in [-0.2, 0) is 6.54 Å². The standard InChI is InChI=1S/C18H21N5O/c1-14(18-20-17(21-24-18)15-7-3-2-4-8-15)23-12-5-9-16(23)13-22-11-6-10-19-22/h2-4,6-8,10-11,14,16H,5,9,12-13H2,1H3/t14-,16+/m0/s1. The Labute approximate surface area is 141 Å². The lowest BCUT2D eigenvalue weighted by Crippen LogP contribution is -2.35. The average molecular weight is 323 g/mol. The van der Waals surface area contributed by atoms with Crippen molar-refractivity contribution in [1.82, 2.24) is 24.8 Å². The first-order chi connectivity index (χ1) is 11.8. The molecule has 1 aliphatic rings. The van der Waals surface area contributed by atoms with Crippen LogP contribution in [0.25, 0.3) is 11.4 Å². The third-order valence-corrected chi connectivity index (χ3v) is 4.71. The summed E-state index contributed by atoms with van der Waals surface area (Å²) in [5.41, 5.74) is 0.981. The van der Waals surface area contributed by atoms with Crippen LogP contribution in [0.4, 0.5) is 0 Å². The molecule has 6 nitrogen and oxygen atoms in total. The molecule has 0 bridgehead atoms. The molecule has 2 atom stereocenters. The lowest BCUT2D eigenvalue weighted by molar-refractivity contribution is 0.144. The van der Waals surface area contributed by atoms with Gasteiger partial charge in [-0.15, -0.1) is 0 Å². The van der Waals surface area contributed by atoms with Gasteiger partial charge in [0, 0.05) is 24.0 Å². The van der Waals surface area contributed by atoms with Gasteiger partial charge in [0.2, 0.25) is 11.7 Å². The van der Waals surface area contributed by atoms with Gasteiger partial charge >= 0.3 is 0 Å². The summed E-state index contributed by atoms with van der Waals surface area (Å²) in [5.74, 6) is 1.33. The molecule has 3 heterocycles. The first-order valence-electron chi connectivity index (χ1n) is 8.43. The van der Waals surface area contributed by atoms with Gasteiger partial charge in [-0.25, -0.2) is 0 Å². The lowest BCUT2D eigenvalue weighted by Gasteiger charge is -2.28. The van der Waals surface area contributed by atoms with Crippen LogP contribution in [0.5, 0.6) is 0 Å². The molecule has 3 aromatic rings. The monoisotopic (exact) mass is 323 g/mol. The van der Waals surface area contributed by atoms with Crippen molar-refractivity contribution in [3.8, 4) is 11.4 Å². The summed E-state index contributed by atoms with van der Waals surface area (Å²) < 4.78 is 7.55. The van der Waals surface area contributed by atoms with E-state index in [4.69, 9.17) is 4.52 Å². The van der Waals surface area contributed by atoms with Crippen molar-refractivity contribution in [3.63, 3.8) is 0 Å². The number of rotatable bonds is 5. The van der Waals surface area contributed by atoms with Crippen LogP contribution in [0.15, 0.2) is 53.3 Å². The van der Waals surface area contributed by atoms with E-state index in [-0.39, 0.29) is 6.04 Å². The molecule has 0 radical (unpaired) electrons. The maximum Gasteiger partial charge on any atom is 0.244 e. The van der Waals surface area contributed by atoms with Crippen molar-refractivity contribution in [1.29, 1.82) is 0 Å². The molecule has 24 heavy (non-hydrogen) atoms. The Bertz CT molecular complexity index is 768. The Morgan fingerprint density at radius 1 is 1.25 bits per heavy atom. The predicted octanol–water partition coefficient (Wildman–Crippen LogP) is 3.16. The fourth-order valence-corrected chi connectivity index (χ4v) is 3.44. The van der Waals surface area contributed by atoms with Crippen LogP contribution in [0, 0.1) is 0 Å². The van der Waals surface area contributed by atoms with Crippen molar-refractivity contribution in [2.24, 2.45) is 0 Å². The van der Waals surface area contributed by atoms with Crippen LogP contribution in [0.3, 0.4) is 0 Å². The van der Waals surface area contributed by atoms with E-state index >= 15 is 0 Å². The zero-order valence-corrected chi connectivity index (χ0v) is 13.7. The first kappa shape index (κ1) is 15.1. The van der Waals surface area contributed by atoms with Crippen molar-refractivity contribution in [2.45, 2.75) is 38.4 Å². The summed E-state index contributed by atoms with van der Waals surface area (Å²) in [4.78, 5) is 7.06. The molecule has 0 N–H and O–H groups in total. The van der Waals surface area contributed by atoms with E-state index < -0.39 is 0 Å². The van der Waals surface area contributed by atoms with Crippen molar-refractivity contribution in [2.75, 3.05) is 6.54 Å². The van der Waals surface area contributed by atoms with E-state index in [9.17, 15) is 0 Å². The summed E-state index contributed by atoms with van der Waals surface area (Å²) in [6, 6.07) is 12.5. The van der Waals surface area contributed by atoms with Crippen LogP contribution < -0.4 is 0 Å². The van der Waals surface area contributed by atoms with Crippen LogP contribution in [0.2, 0.25) is 0 Å². The SMILES string of the molecule is C[C@@H](c1nc(-c2ccccc2)no1)N1CCC[C@@H]1Cn1cccn1. The van der Waals surface area contributed by atoms with Gasteiger partial charge in [-0.3, -0.25) is 9.58 Å². The van der Waals surface area contributed by atoms with Gasteiger partial charge in [0.15, 0.2) is 0 Å². The zero-order chi connectivity index (χ0) is 16.4. The minimum absolute atomic E-state index is 0.109. The number of benzene rings is 1. The molecule has 1 aromatic carbocycles. The summed E-state index contributed by atoms with van der Waals surface area (Å²) in [5, 5.41) is 8.48. The van der Waals surface area contributed by atoms with E-state index in [0.717, 1.165) is 18.7 Å². The second kappa shape index (κ2) is 6.57. The van der Waals surface area contributed by atoms with Gasteiger partial charge in [0.05, 0.1) is 12.6 Å². The Hall–Kier alpha value is -2.47.